The van der Waals surface area contributed by atoms with Gasteiger partial charge in [-0.05, 0) is 36.1 Å². The molecule has 2 heteroatoms. The van der Waals surface area contributed by atoms with Crippen molar-refractivity contribution in [3.63, 3.8) is 0 Å². The van der Waals surface area contributed by atoms with Crippen LogP contribution in [-0.4, -0.2) is 11.4 Å². The summed E-state index contributed by atoms with van der Waals surface area (Å²) in [5.41, 5.74) is 1.47. The van der Waals surface area contributed by atoms with E-state index in [1.807, 2.05) is 0 Å². The van der Waals surface area contributed by atoms with Crippen molar-refractivity contribution in [2.24, 2.45) is 5.92 Å². The maximum absolute atomic E-state index is 10.5. The molecule has 2 nitrogen and oxygen atoms in total. The second kappa shape index (κ2) is 4.08. The van der Waals surface area contributed by atoms with E-state index < -0.39 is 0 Å². The van der Waals surface area contributed by atoms with E-state index in [1.54, 1.807) is 18.2 Å². The van der Waals surface area contributed by atoms with E-state index in [0.717, 1.165) is 18.3 Å². The van der Waals surface area contributed by atoms with E-state index in [-0.39, 0.29) is 5.75 Å². The fourth-order valence-electron chi connectivity index (χ4n) is 1.28. The van der Waals surface area contributed by atoms with Crippen molar-refractivity contribution in [1.82, 2.24) is 0 Å². The molecule has 1 aromatic carbocycles. The predicted molar refractivity (Wildman–Crippen MR) is 52.0 cm³/mol. The van der Waals surface area contributed by atoms with Crippen LogP contribution in [0, 0.1) is 5.92 Å². The Morgan fingerprint density at radius 3 is 2.69 bits per heavy atom. The number of aldehydes is 1. The molecule has 13 heavy (non-hydrogen) atoms. The Kier molecular flexibility index (Phi) is 3.07. The van der Waals surface area contributed by atoms with Crippen molar-refractivity contribution in [2.45, 2.75) is 20.3 Å². The second-order valence-corrected chi connectivity index (χ2v) is 3.60. The molecule has 0 atom stereocenters. The lowest BCUT2D eigenvalue weighted by atomic mass is 10.0. The van der Waals surface area contributed by atoms with Gasteiger partial charge in [0, 0.05) is 5.56 Å². The monoisotopic (exact) mass is 178 g/mol. The summed E-state index contributed by atoms with van der Waals surface area (Å²) >= 11 is 0. The number of aromatic hydroxyl groups is 1. The van der Waals surface area contributed by atoms with Gasteiger partial charge in [0.1, 0.15) is 12.0 Å². The minimum Gasteiger partial charge on any atom is -0.508 e. The first-order valence-electron chi connectivity index (χ1n) is 4.40. The molecule has 0 bridgehead atoms. The van der Waals surface area contributed by atoms with E-state index in [0.29, 0.717) is 11.5 Å². The van der Waals surface area contributed by atoms with Gasteiger partial charge in [0.15, 0.2) is 0 Å². The lowest BCUT2D eigenvalue weighted by Gasteiger charge is -2.07. The highest BCUT2D eigenvalue weighted by molar-refractivity contribution is 5.75. The summed E-state index contributed by atoms with van der Waals surface area (Å²) in [6, 6.07) is 4.93. The lowest BCUT2D eigenvalue weighted by Crippen LogP contribution is -1.95. The number of phenols is 1. The fraction of sp³-hybridized carbons (Fsp3) is 0.364. The van der Waals surface area contributed by atoms with Crippen molar-refractivity contribution >= 4 is 6.29 Å². The smallest absolute Gasteiger partial charge is 0.150 e. The standard InChI is InChI=1S/C11H14O2/c1-8(2)5-10-6-9(7-12)3-4-11(10)13/h3-4,6-8,13H,5H2,1-2H3. The van der Waals surface area contributed by atoms with Crippen LogP contribution in [0.15, 0.2) is 18.2 Å². The highest BCUT2D eigenvalue weighted by Crippen LogP contribution is 2.20. The number of carbonyl (C=O) groups is 1. The summed E-state index contributed by atoms with van der Waals surface area (Å²) in [5, 5.41) is 9.46. The Labute approximate surface area is 78.2 Å². The minimum absolute atomic E-state index is 0.277. The summed E-state index contributed by atoms with van der Waals surface area (Å²) in [4.78, 5) is 10.5. The molecule has 0 spiro atoms. The third-order valence-electron chi connectivity index (χ3n) is 1.87. The van der Waals surface area contributed by atoms with Crippen LogP contribution in [0.5, 0.6) is 5.75 Å². The summed E-state index contributed by atoms with van der Waals surface area (Å²) in [5.74, 6) is 0.757. The number of hydrogen-bond acceptors (Lipinski definition) is 2. The van der Waals surface area contributed by atoms with Crippen molar-refractivity contribution in [1.29, 1.82) is 0 Å². The minimum atomic E-state index is 0.277. The molecule has 0 aromatic heterocycles. The number of rotatable bonds is 3. The first kappa shape index (κ1) is 9.78. The molecule has 70 valence electrons. The van der Waals surface area contributed by atoms with Crippen molar-refractivity contribution in [2.75, 3.05) is 0 Å². The largest absolute Gasteiger partial charge is 0.508 e. The Hall–Kier alpha value is -1.31. The Morgan fingerprint density at radius 1 is 1.46 bits per heavy atom. The Bertz CT molecular complexity index is 303. The molecule has 0 aliphatic heterocycles. The fourth-order valence-corrected chi connectivity index (χ4v) is 1.28. The van der Waals surface area contributed by atoms with Crippen LogP contribution in [0.1, 0.15) is 29.8 Å². The summed E-state index contributed by atoms with van der Waals surface area (Å²) in [6.07, 6.45) is 1.59. The molecular weight excluding hydrogens is 164 g/mol. The molecule has 0 aliphatic carbocycles. The van der Waals surface area contributed by atoms with E-state index in [9.17, 15) is 9.90 Å². The highest BCUT2D eigenvalue weighted by atomic mass is 16.3. The molecule has 1 aromatic rings. The second-order valence-electron chi connectivity index (χ2n) is 3.60. The lowest BCUT2D eigenvalue weighted by molar-refractivity contribution is 0.112. The van der Waals surface area contributed by atoms with E-state index in [4.69, 9.17) is 0 Å². The molecule has 0 amide bonds. The zero-order chi connectivity index (χ0) is 9.84. The van der Waals surface area contributed by atoms with Gasteiger partial charge in [-0.25, -0.2) is 0 Å². The molecule has 1 rings (SSSR count). The predicted octanol–water partition coefficient (Wildman–Crippen LogP) is 2.40. The first-order chi connectivity index (χ1) is 6.13. The number of hydrogen-bond donors (Lipinski definition) is 1. The van der Waals surface area contributed by atoms with Crippen LogP contribution in [-0.2, 0) is 6.42 Å². The molecule has 0 fully saturated rings. The van der Waals surface area contributed by atoms with Gasteiger partial charge in [-0.2, -0.15) is 0 Å². The molecule has 1 N–H and O–H groups in total. The zero-order valence-corrected chi connectivity index (χ0v) is 7.95. The van der Waals surface area contributed by atoms with Gasteiger partial charge in [-0.1, -0.05) is 13.8 Å². The highest BCUT2D eigenvalue weighted by Gasteiger charge is 2.04. The van der Waals surface area contributed by atoms with Gasteiger partial charge >= 0.3 is 0 Å². The van der Waals surface area contributed by atoms with Crippen molar-refractivity contribution in [3.8, 4) is 5.75 Å². The summed E-state index contributed by atoms with van der Waals surface area (Å²) in [7, 11) is 0. The van der Waals surface area contributed by atoms with Gasteiger partial charge in [-0.3, -0.25) is 4.79 Å². The van der Waals surface area contributed by atoms with Crippen LogP contribution < -0.4 is 0 Å². The molecule has 0 radical (unpaired) electrons. The molecule has 0 aliphatic rings. The van der Waals surface area contributed by atoms with Gasteiger partial charge in [0.05, 0.1) is 0 Å². The number of phenolic OH excluding ortho intramolecular Hbond substituents is 1. The third-order valence-corrected chi connectivity index (χ3v) is 1.87. The van der Waals surface area contributed by atoms with E-state index in [1.165, 1.54) is 0 Å². The average molecular weight is 178 g/mol. The molecule has 0 saturated carbocycles. The maximum atomic E-state index is 10.5. The first-order valence-corrected chi connectivity index (χ1v) is 4.40. The van der Waals surface area contributed by atoms with Gasteiger partial charge in [-0.15, -0.1) is 0 Å². The molecule has 0 unspecified atom stereocenters. The Morgan fingerprint density at radius 2 is 2.15 bits per heavy atom. The quantitative estimate of drug-likeness (QED) is 0.721. The van der Waals surface area contributed by atoms with Crippen LogP contribution in [0.3, 0.4) is 0 Å². The molecular formula is C11H14O2. The van der Waals surface area contributed by atoms with Gasteiger partial charge < -0.3 is 5.11 Å². The number of carbonyl (C=O) groups excluding carboxylic acids is 1. The van der Waals surface area contributed by atoms with Crippen molar-refractivity contribution < 1.29 is 9.90 Å². The number of benzene rings is 1. The van der Waals surface area contributed by atoms with Crippen LogP contribution in [0.2, 0.25) is 0 Å². The summed E-state index contributed by atoms with van der Waals surface area (Å²) < 4.78 is 0. The summed E-state index contributed by atoms with van der Waals surface area (Å²) in [6.45, 7) is 4.15. The van der Waals surface area contributed by atoms with Crippen LogP contribution in [0.4, 0.5) is 0 Å². The van der Waals surface area contributed by atoms with E-state index >= 15 is 0 Å². The van der Waals surface area contributed by atoms with E-state index in [2.05, 4.69) is 13.8 Å². The third kappa shape index (κ3) is 2.58. The molecule has 0 heterocycles. The SMILES string of the molecule is CC(C)Cc1cc(C=O)ccc1O. The Balaban J connectivity index is 2.96. The van der Waals surface area contributed by atoms with Gasteiger partial charge in [0.2, 0.25) is 0 Å². The van der Waals surface area contributed by atoms with Gasteiger partial charge in [0.25, 0.3) is 0 Å². The average Bonchev–Trinajstić information content (AvgIpc) is 2.08. The maximum Gasteiger partial charge on any atom is 0.150 e. The normalized spacial score (nSPS) is 10.4. The van der Waals surface area contributed by atoms with Crippen molar-refractivity contribution in [3.05, 3.63) is 29.3 Å². The van der Waals surface area contributed by atoms with Crippen LogP contribution >= 0.6 is 0 Å². The van der Waals surface area contributed by atoms with Crippen LogP contribution in [0.25, 0.3) is 0 Å². The zero-order valence-electron chi connectivity index (χ0n) is 7.95. The topological polar surface area (TPSA) is 37.3 Å². The molecule has 0 saturated heterocycles.